The number of nitrogens with one attached hydrogen (secondary N) is 1. The van der Waals surface area contributed by atoms with Crippen LogP contribution >= 0.6 is 27.3 Å². The van der Waals surface area contributed by atoms with Crippen molar-refractivity contribution >= 4 is 43.2 Å². The largest absolute Gasteiger partial charge is 0.355 e. The van der Waals surface area contributed by atoms with Crippen LogP contribution in [-0.2, 0) is 14.8 Å². The monoisotopic (exact) mass is 396 g/mol. The van der Waals surface area contributed by atoms with E-state index in [0.29, 0.717) is 19.5 Å². The lowest BCUT2D eigenvalue weighted by atomic mass is 10.4. The van der Waals surface area contributed by atoms with Gasteiger partial charge in [0.15, 0.2) is 0 Å². The molecule has 1 amide bonds. The zero-order valence-electron chi connectivity index (χ0n) is 12.5. The molecule has 0 spiro atoms. The summed E-state index contributed by atoms with van der Waals surface area (Å²) in [6.07, 6.45) is 1.48. The Balaban J connectivity index is 2.95. The highest BCUT2D eigenvalue weighted by Gasteiger charge is 2.28. The van der Waals surface area contributed by atoms with Crippen molar-refractivity contribution in [2.24, 2.45) is 0 Å². The number of nitrogens with zero attached hydrogens (tertiary/aromatic N) is 1. The van der Waals surface area contributed by atoms with Gasteiger partial charge in [-0.05, 0) is 47.3 Å². The number of sulfonamides is 1. The molecule has 1 rings (SSSR count). The van der Waals surface area contributed by atoms with E-state index in [9.17, 15) is 13.2 Å². The van der Waals surface area contributed by atoms with Crippen LogP contribution in [0.3, 0.4) is 0 Å². The van der Waals surface area contributed by atoms with Crippen LogP contribution in [0.25, 0.3) is 0 Å². The number of hydrogen-bond acceptors (Lipinski definition) is 4. The summed E-state index contributed by atoms with van der Waals surface area (Å²) in [5.41, 5.74) is 0.880. The Morgan fingerprint density at radius 2 is 2.05 bits per heavy atom. The van der Waals surface area contributed by atoms with Crippen LogP contribution in [0.2, 0.25) is 0 Å². The molecule has 5 nitrogen and oxygen atoms in total. The van der Waals surface area contributed by atoms with Crippen LogP contribution in [0, 0.1) is 6.92 Å². The fourth-order valence-electron chi connectivity index (χ4n) is 1.70. The normalized spacial score (nSPS) is 11.9. The Bertz CT molecular complexity index is 565. The quantitative estimate of drug-likeness (QED) is 0.734. The average molecular weight is 397 g/mol. The van der Waals surface area contributed by atoms with Gasteiger partial charge >= 0.3 is 0 Å². The fraction of sp³-hybridized carbons (Fsp3) is 0.615. The van der Waals surface area contributed by atoms with Crippen molar-refractivity contribution in [3.05, 3.63) is 15.4 Å². The van der Waals surface area contributed by atoms with E-state index in [4.69, 9.17) is 0 Å². The van der Waals surface area contributed by atoms with E-state index in [-0.39, 0.29) is 16.7 Å². The Morgan fingerprint density at radius 1 is 1.38 bits per heavy atom. The predicted octanol–water partition coefficient (Wildman–Crippen LogP) is 2.75. The Kier molecular flexibility index (Phi) is 7.32. The molecule has 120 valence electrons. The summed E-state index contributed by atoms with van der Waals surface area (Å²) < 4.78 is 27.6. The van der Waals surface area contributed by atoms with Crippen molar-refractivity contribution in [1.82, 2.24) is 9.62 Å². The topological polar surface area (TPSA) is 66.5 Å². The first kappa shape index (κ1) is 18.6. The van der Waals surface area contributed by atoms with Gasteiger partial charge in [0.1, 0.15) is 4.21 Å². The average Bonchev–Trinajstić information content (AvgIpc) is 2.76. The molecule has 0 unspecified atom stereocenters. The van der Waals surface area contributed by atoms with E-state index in [2.05, 4.69) is 21.2 Å². The molecule has 1 heterocycles. The number of carbonyl (C=O) groups excluding carboxylic acids is 1. The van der Waals surface area contributed by atoms with E-state index >= 15 is 0 Å². The van der Waals surface area contributed by atoms with Crippen molar-refractivity contribution < 1.29 is 13.2 Å². The summed E-state index contributed by atoms with van der Waals surface area (Å²) in [7, 11) is -3.62. The van der Waals surface area contributed by atoms with Gasteiger partial charge in [-0.3, -0.25) is 4.79 Å². The Morgan fingerprint density at radius 3 is 2.52 bits per heavy atom. The van der Waals surface area contributed by atoms with Gasteiger partial charge in [0.05, 0.1) is 10.3 Å². The summed E-state index contributed by atoms with van der Waals surface area (Å²) in [5.74, 6) is -0.263. The van der Waals surface area contributed by atoms with Crippen molar-refractivity contribution in [2.45, 2.75) is 37.8 Å². The molecule has 0 aliphatic heterocycles. The number of halogens is 1. The second kappa shape index (κ2) is 8.26. The standard InChI is InChI=1S/C13H21BrN2O3S2/c1-4-6-15-11(17)9-16(7-5-2)21(18,19)12-8-10(3)13(14)20-12/h8H,4-7,9H2,1-3H3,(H,15,17). The van der Waals surface area contributed by atoms with E-state index in [0.717, 1.165) is 15.8 Å². The Hall–Kier alpha value is -0.440. The van der Waals surface area contributed by atoms with Gasteiger partial charge in [-0.15, -0.1) is 11.3 Å². The van der Waals surface area contributed by atoms with Crippen molar-refractivity contribution in [1.29, 1.82) is 0 Å². The van der Waals surface area contributed by atoms with Gasteiger partial charge in [-0.1, -0.05) is 13.8 Å². The molecule has 0 radical (unpaired) electrons. The molecule has 0 aliphatic rings. The van der Waals surface area contributed by atoms with Gasteiger partial charge in [-0.25, -0.2) is 8.42 Å². The third-order valence-electron chi connectivity index (χ3n) is 2.79. The smallest absolute Gasteiger partial charge is 0.253 e. The molecule has 0 aromatic carbocycles. The van der Waals surface area contributed by atoms with E-state index in [1.807, 2.05) is 20.8 Å². The molecule has 0 saturated heterocycles. The molecule has 8 heteroatoms. The molecule has 1 aromatic heterocycles. The van der Waals surface area contributed by atoms with Gasteiger partial charge in [0.2, 0.25) is 5.91 Å². The number of thiophene rings is 1. The molecular formula is C13H21BrN2O3S2. The maximum absolute atomic E-state index is 12.6. The highest BCUT2D eigenvalue weighted by atomic mass is 79.9. The second-order valence-corrected chi connectivity index (χ2v) is 9.25. The zero-order chi connectivity index (χ0) is 16.0. The molecule has 21 heavy (non-hydrogen) atoms. The minimum absolute atomic E-state index is 0.134. The first-order valence-electron chi connectivity index (χ1n) is 6.85. The zero-order valence-corrected chi connectivity index (χ0v) is 15.7. The first-order valence-corrected chi connectivity index (χ1v) is 9.90. The Labute approximate surface area is 138 Å². The minimum Gasteiger partial charge on any atom is -0.355 e. The first-order chi connectivity index (χ1) is 9.82. The highest BCUT2D eigenvalue weighted by molar-refractivity contribution is 9.11. The molecule has 0 bridgehead atoms. The van der Waals surface area contributed by atoms with Gasteiger partial charge < -0.3 is 5.32 Å². The summed E-state index contributed by atoms with van der Waals surface area (Å²) in [6, 6.07) is 1.64. The number of hydrogen-bond donors (Lipinski definition) is 1. The lowest BCUT2D eigenvalue weighted by Gasteiger charge is -2.20. The highest BCUT2D eigenvalue weighted by Crippen LogP contribution is 2.32. The van der Waals surface area contributed by atoms with Crippen LogP contribution in [0.4, 0.5) is 0 Å². The van der Waals surface area contributed by atoms with Crippen molar-refractivity contribution in [3.8, 4) is 0 Å². The van der Waals surface area contributed by atoms with Crippen LogP contribution < -0.4 is 5.32 Å². The molecule has 0 atom stereocenters. The van der Waals surface area contributed by atoms with E-state index in [1.165, 1.54) is 15.6 Å². The van der Waals surface area contributed by atoms with Crippen LogP contribution in [0.5, 0.6) is 0 Å². The molecule has 1 aromatic rings. The van der Waals surface area contributed by atoms with Crippen molar-refractivity contribution in [3.63, 3.8) is 0 Å². The lowest BCUT2D eigenvalue weighted by molar-refractivity contribution is -0.121. The van der Waals surface area contributed by atoms with Gasteiger partial charge in [-0.2, -0.15) is 4.31 Å². The van der Waals surface area contributed by atoms with Crippen LogP contribution in [0.15, 0.2) is 14.1 Å². The maximum Gasteiger partial charge on any atom is 0.253 e. The van der Waals surface area contributed by atoms with E-state index < -0.39 is 10.0 Å². The SMILES string of the molecule is CCCNC(=O)CN(CCC)S(=O)(=O)c1cc(C)c(Br)s1. The molecule has 0 aliphatic carbocycles. The minimum atomic E-state index is -3.62. The summed E-state index contributed by atoms with van der Waals surface area (Å²) >= 11 is 4.51. The fourth-order valence-corrected chi connectivity index (χ4v) is 5.57. The van der Waals surface area contributed by atoms with Crippen LogP contribution in [-0.4, -0.2) is 38.3 Å². The summed E-state index contributed by atoms with van der Waals surface area (Å²) in [6.45, 7) is 6.44. The third-order valence-corrected chi connectivity index (χ3v) is 7.22. The molecule has 0 fully saturated rings. The number of rotatable bonds is 8. The maximum atomic E-state index is 12.6. The number of aryl methyl sites for hydroxylation is 1. The number of amides is 1. The lowest BCUT2D eigenvalue weighted by Crippen LogP contribution is -2.41. The third kappa shape index (κ3) is 5.05. The van der Waals surface area contributed by atoms with E-state index in [1.54, 1.807) is 6.07 Å². The molecule has 1 N–H and O–H groups in total. The number of carbonyl (C=O) groups is 1. The van der Waals surface area contributed by atoms with Crippen molar-refractivity contribution in [2.75, 3.05) is 19.6 Å². The summed E-state index contributed by atoms with van der Waals surface area (Å²) in [4.78, 5) is 11.8. The van der Waals surface area contributed by atoms with Gasteiger partial charge in [0.25, 0.3) is 10.0 Å². The molecular weight excluding hydrogens is 376 g/mol. The van der Waals surface area contributed by atoms with Crippen LogP contribution in [0.1, 0.15) is 32.3 Å². The summed E-state index contributed by atoms with van der Waals surface area (Å²) in [5, 5.41) is 2.71. The second-order valence-electron chi connectivity index (χ2n) is 4.71. The molecule has 0 saturated carbocycles. The predicted molar refractivity (Wildman–Crippen MR) is 89.1 cm³/mol. The van der Waals surface area contributed by atoms with Gasteiger partial charge in [0, 0.05) is 13.1 Å².